The van der Waals surface area contributed by atoms with Gasteiger partial charge in [-0.15, -0.1) is 0 Å². The Morgan fingerprint density at radius 2 is 0.621 bits per heavy atom. The standard InChI is InChI=1S/C60H102O6/c1-4-7-10-13-16-19-22-25-27-29-30-32-33-35-38-41-44-47-50-53-59(62)65-56-57(55-64-58(61)52-49-46-43-40-37-24-21-18-15-12-9-6-3)66-60(63)54-51-48-45-42-39-36-34-31-28-26-23-20-17-14-11-8-5-2/h7,10,16,18-19,21,25,27,30,32,35,38,44,47,57H,4-6,8-9,11-15,17,20,22-24,26,28-29,31,33-34,36-37,39-43,45-46,48-56H2,1-3H3/b10-7-,19-16-,21-18-,27-25-,32-30-,38-35-,47-44-/t57-/m1/s1. The van der Waals surface area contributed by atoms with Crippen molar-refractivity contribution in [3.63, 3.8) is 0 Å². The topological polar surface area (TPSA) is 78.9 Å². The Kier molecular flexibility index (Phi) is 51.4. The van der Waals surface area contributed by atoms with Gasteiger partial charge in [-0.3, -0.25) is 14.4 Å². The summed E-state index contributed by atoms with van der Waals surface area (Å²) >= 11 is 0. The van der Waals surface area contributed by atoms with E-state index in [1.165, 1.54) is 122 Å². The van der Waals surface area contributed by atoms with Gasteiger partial charge >= 0.3 is 17.9 Å². The van der Waals surface area contributed by atoms with Crippen LogP contribution in [0.3, 0.4) is 0 Å². The van der Waals surface area contributed by atoms with Gasteiger partial charge in [0.05, 0.1) is 0 Å². The van der Waals surface area contributed by atoms with Crippen molar-refractivity contribution in [3.8, 4) is 0 Å². The highest BCUT2D eigenvalue weighted by Gasteiger charge is 2.19. The number of carbonyl (C=O) groups is 3. The number of esters is 3. The van der Waals surface area contributed by atoms with Crippen LogP contribution in [0.2, 0.25) is 0 Å². The van der Waals surface area contributed by atoms with E-state index < -0.39 is 6.10 Å². The fourth-order valence-electron chi connectivity index (χ4n) is 7.52. The summed E-state index contributed by atoms with van der Waals surface area (Å²) < 4.78 is 16.8. The molecule has 378 valence electrons. The molecule has 6 nitrogen and oxygen atoms in total. The SMILES string of the molecule is CC/C=C\C/C=C\C/C=C\C/C=C\C/C=C\C/C=C\CCC(=O)OC[C@@H](COC(=O)CCCCCCC/C=C\CCCCC)OC(=O)CCCCCCCCCCCCCCCCCCC. The van der Waals surface area contributed by atoms with Crippen LogP contribution < -0.4 is 0 Å². The van der Waals surface area contributed by atoms with Gasteiger partial charge in [0.2, 0.25) is 0 Å². The molecular formula is C60H102O6. The van der Waals surface area contributed by atoms with Gasteiger partial charge in [-0.05, 0) is 83.5 Å². The Labute approximate surface area is 407 Å². The fraction of sp³-hybridized carbons (Fsp3) is 0.717. The molecule has 0 aromatic rings. The molecule has 0 radical (unpaired) electrons. The van der Waals surface area contributed by atoms with Crippen LogP contribution in [0.4, 0.5) is 0 Å². The van der Waals surface area contributed by atoms with Crippen molar-refractivity contribution in [2.75, 3.05) is 13.2 Å². The molecule has 0 aliphatic heterocycles. The lowest BCUT2D eigenvalue weighted by molar-refractivity contribution is -0.166. The molecular weight excluding hydrogens is 817 g/mol. The van der Waals surface area contributed by atoms with Crippen molar-refractivity contribution in [2.24, 2.45) is 0 Å². The minimum absolute atomic E-state index is 0.103. The molecule has 0 N–H and O–H groups in total. The highest BCUT2D eigenvalue weighted by molar-refractivity contribution is 5.71. The third-order valence-corrected chi connectivity index (χ3v) is 11.6. The first-order chi connectivity index (χ1) is 32.5. The number of unbranched alkanes of at least 4 members (excludes halogenated alkanes) is 24. The molecule has 0 unspecified atom stereocenters. The molecule has 0 fully saturated rings. The number of rotatable bonds is 49. The predicted octanol–water partition coefficient (Wildman–Crippen LogP) is 18.4. The molecule has 0 aliphatic rings. The summed E-state index contributed by atoms with van der Waals surface area (Å²) in [6.45, 7) is 6.44. The van der Waals surface area contributed by atoms with E-state index in [0.717, 1.165) is 89.9 Å². The lowest BCUT2D eigenvalue weighted by Gasteiger charge is -2.18. The second-order valence-corrected chi connectivity index (χ2v) is 18.1. The average Bonchev–Trinajstić information content (AvgIpc) is 3.31. The van der Waals surface area contributed by atoms with Gasteiger partial charge in [0, 0.05) is 19.3 Å². The monoisotopic (exact) mass is 919 g/mol. The first-order valence-corrected chi connectivity index (χ1v) is 27.6. The zero-order chi connectivity index (χ0) is 47.9. The minimum atomic E-state index is -0.808. The van der Waals surface area contributed by atoms with Crippen molar-refractivity contribution < 1.29 is 28.6 Å². The van der Waals surface area contributed by atoms with E-state index >= 15 is 0 Å². The predicted molar refractivity (Wildman–Crippen MR) is 284 cm³/mol. The van der Waals surface area contributed by atoms with E-state index in [-0.39, 0.29) is 37.5 Å². The summed E-state index contributed by atoms with van der Waals surface area (Å²) in [6.07, 6.45) is 70.1. The van der Waals surface area contributed by atoms with E-state index in [9.17, 15) is 14.4 Å². The molecule has 0 heterocycles. The molecule has 66 heavy (non-hydrogen) atoms. The summed E-state index contributed by atoms with van der Waals surface area (Å²) in [5.41, 5.74) is 0. The van der Waals surface area contributed by atoms with Crippen LogP contribution >= 0.6 is 0 Å². The van der Waals surface area contributed by atoms with Crippen LogP contribution in [-0.4, -0.2) is 37.2 Å². The van der Waals surface area contributed by atoms with Gasteiger partial charge in [-0.1, -0.05) is 241 Å². The Hall–Kier alpha value is -3.41. The average molecular weight is 919 g/mol. The van der Waals surface area contributed by atoms with Crippen LogP contribution in [0.25, 0.3) is 0 Å². The normalized spacial score (nSPS) is 12.7. The van der Waals surface area contributed by atoms with Crippen LogP contribution in [-0.2, 0) is 28.6 Å². The van der Waals surface area contributed by atoms with Gasteiger partial charge in [-0.2, -0.15) is 0 Å². The van der Waals surface area contributed by atoms with Crippen LogP contribution in [0.5, 0.6) is 0 Å². The molecule has 0 spiro atoms. The molecule has 0 rings (SSSR count). The molecule has 0 aromatic heterocycles. The minimum Gasteiger partial charge on any atom is -0.462 e. The Morgan fingerprint density at radius 1 is 0.318 bits per heavy atom. The zero-order valence-corrected chi connectivity index (χ0v) is 43.2. The van der Waals surface area contributed by atoms with Crippen LogP contribution in [0, 0.1) is 0 Å². The first-order valence-electron chi connectivity index (χ1n) is 27.6. The summed E-state index contributed by atoms with van der Waals surface area (Å²) in [4.78, 5) is 38.0. The molecule has 0 saturated heterocycles. The Balaban J connectivity index is 4.47. The molecule has 1 atom stereocenters. The molecule has 0 aliphatic carbocycles. The van der Waals surface area contributed by atoms with Gasteiger partial charge in [-0.25, -0.2) is 0 Å². The largest absolute Gasteiger partial charge is 0.462 e. The number of hydrogen-bond acceptors (Lipinski definition) is 6. The molecule has 0 bridgehead atoms. The van der Waals surface area contributed by atoms with Gasteiger partial charge in [0.1, 0.15) is 13.2 Å². The van der Waals surface area contributed by atoms with Crippen molar-refractivity contribution in [3.05, 3.63) is 85.1 Å². The Bertz CT molecular complexity index is 1290. The highest BCUT2D eigenvalue weighted by Crippen LogP contribution is 2.15. The summed E-state index contributed by atoms with van der Waals surface area (Å²) in [7, 11) is 0. The van der Waals surface area contributed by atoms with Crippen LogP contribution in [0.1, 0.15) is 258 Å². The van der Waals surface area contributed by atoms with Gasteiger partial charge in [0.25, 0.3) is 0 Å². The van der Waals surface area contributed by atoms with E-state index in [1.807, 2.05) is 6.08 Å². The summed E-state index contributed by atoms with van der Waals surface area (Å²) in [6, 6.07) is 0. The smallest absolute Gasteiger partial charge is 0.306 e. The van der Waals surface area contributed by atoms with Crippen molar-refractivity contribution in [1.29, 1.82) is 0 Å². The van der Waals surface area contributed by atoms with E-state index in [2.05, 4.69) is 99.8 Å². The van der Waals surface area contributed by atoms with Crippen LogP contribution in [0.15, 0.2) is 85.1 Å². The lowest BCUT2D eigenvalue weighted by Crippen LogP contribution is -2.30. The number of carbonyl (C=O) groups excluding carboxylic acids is 3. The molecule has 0 aromatic carbocycles. The lowest BCUT2D eigenvalue weighted by atomic mass is 10.0. The van der Waals surface area contributed by atoms with Gasteiger partial charge in [0.15, 0.2) is 6.10 Å². The highest BCUT2D eigenvalue weighted by atomic mass is 16.6. The molecule has 0 saturated carbocycles. The Morgan fingerprint density at radius 3 is 1.05 bits per heavy atom. The maximum atomic E-state index is 12.8. The van der Waals surface area contributed by atoms with Gasteiger partial charge < -0.3 is 14.2 Å². The van der Waals surface area contributed by atoms with E-state index in [1.54, 1.807) is 0 Å². The van der Waals surface area contributed by atoms with Crippen molar-refractivity contribution in [1.82, 2.24) is 0 Å². The summed E-state index contributed by atoms with van der Waals surface area (Å²) in [5, 5.41) is 0. The molecule has 6 heteroatoms. The maximum Gasteiger partial charge on any atom is 0.306 e. The number of allylic oxidation sites excluding steroid dienone is 14. The van der Waals surface area contributed by atoms with E-state index in [4.69, 9.17) is 14.2 Å². The van der Waals surface area contributed by atoms with Crippen molar-refractivity contribution in [2.45, 2.75) is 264 Å². The van der Waals surface area contributed by atoms with E-state index in [0.29, 0.717) is 19.3 Å². The first kappa shape index (κ1) is 62.6. The third kappa shape index (κ3) is 51.6. The fourth-order valence-corrected chi connectivity index (χ4v) is 7.52. The zero-order valence-electron chi connectivity index (χ0n) is 43.2. The number of ether oxygens (including phenoxy) is 3. The third-order valence-electron chi connectivity index (χ3n) is 11.6. The second-order valence-electron chi connectivity index (χ2n) is 18.1. The van der Waals surface area contributed by atoms with Crippen molar-refractivity contribution >= 4 is 17.9 Å². The quantitative estimate of drug-likeness (QED) is 0.0262. The summed E-state index contributed by atoms with van der Waals surface area (Å²) in [5.74, 6) is -0.993. The second kappa shape index (κ2) is 54.2. The number of hydrogen-bond donors (Lipinski definition) is 0. The maximum absolute atomic E-state index is 12.8. The molecule has 0 amide bonds.